The molecule has 140 valence electrons. The summed E-state index contributed by atoms with van der Waals surface area (Å²) < 4.78 is 0.0122. The van der Waals surface area contributed by atoms with Gasteiger partial charge in [0.05, 0.1) is 4.58 Å². The van der Waals surface area contributed by atoms with Gasteiger partial charge in [0.25, 0.3) is 0 Å². The van der Waals surface area contributed by atoms with E-state index in [1.165, 1.54) is 77.0 Å². The highest BCUT2D eigenvalue weighted by Crippen LogP contribution is 2.38. The van der Waals surface area contributed by atoms with Crippen LogP contribution in [-0.2, 0) is 5.41 Å². The lowest BCUT2D eigenvalue weighted by Gasteiger charge is -2.29. The number of thiol groups is 2. The first kappa shape index (κ1) is 22.3. The summed E-state index contributed by atoms with van der Waals surface area (Å²) in [5.74, 6) is 0. The first-order valence-electron chi connectivity index (χ1n) is 9.74. The molecule has 1 aromatic heterocycles. The Labute approximate surface area is 164 Å². The normalized spacial score (nSPS) is 14.2. The molecule has 0 aliphatic carbocycles. The van der Waals surface area contributed by atoms with Crippen molar-refractivity contribution in [2.45, 2.75) is 107 Å². The maximum Gasteiger partial charge on any atom is 0.125 e. The summed E-state index contributed by atoms with van der Waals surface area (Å²) in [7, 11) is 0. The van der Waals surface area contributed by atoms with Gasteiger partial charge in [-0.1, -0.05) is 90.9 Å². The lowest BCUT2D eigenvalue weighted by Crippen LogP contribution is -2.29. The van der Waals surface area contributed by atoms with Crippen molar-refractivity contribution in [1.29, 1.82) is 0 Å². The Bertz CT molecular complexity index is 395. The van der Waals surface area contributed by atoms with E-state index in [1.54, 1.807) is 16.8 Å². The van der Waals surface area contributed by atoms with E-state index in [2.05, 4.69) is 49.3 Å². The van der Waals surface area contributed by atoms with Gasteiger partial charge in [0.15, 0.2) is 0 Å². The van der Waals surface area contributed by atoms with Gasteiger partial charge in [-0.3, -0.25) is 0 Å². The smallest absolute Gasteiger partial charge is 0.125 e. The summed E-state index contributed by atoms with van der Waals surface area (Å²) in [6.45, 7) is 4.50. The zero-order chi connectivity index (χ0) is 17.7. The Balaban J connectivity index is 2.03. The van der Waals surface area contributed by atoms with Crippen LogP contribution in [0.4, 0.5) is 0 Å². The molecule has 1 aromatic rings. The molecule has 0 saturated carbocycles. The summed E-state index contributed by atoms with van der Waals surface area (Å²) in [6.07, 6.45) is 17.7. The molecule has 1 atom stereocenters. The van der Waals surface area contributed by atoms with E-state index in [4.69, 9.17) is 0 Å². The fourth-order valence-electron chi connectivity index (χ4n) is 3.10. The van der Waals surface area contributed by atoms with E-state index in [9.17, 15) is 0 Å². The molecule has 24 heavy (non-hydrogen) atoms. The largest absolute Gasteiger partial charge is 0.164 e. The number of hydrogen-bond donors (Lipinski definition) is 2. The minimum Gasteiger partial charge on any atom is -0.164 e. The van der Waals surface area contributed by atoms with Crippen LogP contribution in [0.25, 0.3) is 0 Å². The average molecular weight is 389 g/mol. The van der Waals surface area contributed by atoms with E-state index >= 15 is 0 Å². The third-order valence-corrected chi connectivity index (χ3v) is 7.08. The van der Waals surface area contributed by atoms with Crippen LogP contribution in [0, 0.1) is 0 Å². The molecule has 0 fully saturated rings. The van der Waals surface area contributed by atoms with Crippen LogP contribution in [0.1, 0.15) is 102 Å². The first-order chi connectivity index (χ1) is 11.6. The highest BCUT2D eigenvalue weighted by Gasteiger charge is 2.34. The van der Waals surface area contributed by atoms with Crippen molar-refractivity contribution in [2.24, 2.45) is 0 Å². The number of rotatable bonds is 15. The van der Waals surface area contributed by atoms with Gasteiger partial charge in [0, 0.05) is 5.41 Å². The quantitative estimate of drug-likeness (QED) is 0.191. The standard InChI is InChI=1S/C19H36N2S3/c1-3-4-5-6-7-8-9-10-11-12-13-14-15-19(2,18(22)23)17-21-20-16-24-17/h16,18,22-23H,3-15H2,1-2H3. The third-order valence-electron chi connectivity index (χ3n) is 4.97. The predicted octanol–water partition coefficient (Wildman–Crippen LogP) is 7.07. The number of hydrogen-bond acceptors (Lipinski definition) is 5. The minimum absolute atomic E-state index is 0.0122. The third kappa shape index (κ3) is 8.57. The second kappa shape index (κ2) is 13.5. The summed E-state index contributed by atoms with van der Waals surface area (Å²) >= 11 is 10.8. The molecule has 1 unspecified atom stereocenters. The molecule has 0 N–H and O–H groups in total. The molecular formula is C19H36N2S3. The molecule has 5 heteroatoms. The molecule has 2 nitrogen and oxygen atoms in total. The zero-order valence-electron chi connectivity index (χ0n) is 15.5. The monoisotopic (exact) mass is 388 g/mol. The lowest BCUT2D eigenvalue weighted by molar-refractivity contribution is 0.432. The Hall–Kier alpha value is 0.260. The molecule has 0 spiro atoms. The molecule has 0 bridgehead atoms. The predicted molar refractivity (Wildman–Crippen MR) is 115 cm³/mol. The fraction of sp³-hybridized carbons (Fsp3) is 0.895. The van der Waals surface area contributed by atoms with E-state index in [0.29, 0.717) is 0 Å². The highest BCUT2D eigenvalue weighted by atomic mass is 32.2. The van der Waals surface area contributed by atoms with Crippen LogP contribution in [0.5, 0.6) is 0 Å². The van der Waals surface area contributed by atoms with Crippen LogP contribution in [0.15, 0.2) is 5.51 Å². The molecule has 0 saturated heterocycles. The van der Waals surface area contributed by atoms with Crippen molar-refractivity contribution in [3.05, 3.63) is 10.5 Å². The molecule has 1 heterocycles. The van der Waals surface area contributed by atoms with Gasteiger partial charge < -0.3 is 0 Å². The van der Waals surface area contributed by atoms with Crippen molar-refractivity contribution < 1.29 is 0 Å². The topological polar surface area (TPSA) is 25.8 Å². The fourth-order valence-corrected chi connectivity index (χ4v) is 4.56. The lowest BCUT2D eigenvalue weighted by atomic mass is 9.87. The summed E-state index contributed by atoms with van der Waals surface area (Å²) in [5, 5.41) is 9.31. The maximum absolute atomic E-state index is 4.58. The van der Waals surface area contributed by atoms with Gasteiger partial charge >= 0.3 is 0 Å². The zero-order valence-corrected chi connectivity index (χ0v) is 18.1. The van der Waals surface area contributed by atoms with Gasteiger partial charge in [-0.25, -0.2) is 0 Å². The highest BCUT2D eigenvalue weighted by molar-refractivity contribution is 7.99. The van der Waals surface area contributed by atoms with Gasteiger partial charge in [-0.2, -0.15) is 25.3 Å². The van der Waals surface area contributed by atoms with E-state index in [0.717, 1.165) is 11.4 Å². The Morgan fingerprint density at radius 2 is 1.42 bits per heavy atom. The number of nitrogens with zero attached hydrogens (tertiary/aromatic N) is 2. The second-order valence-electron chi connectivity index (χ2n) is 7.17. The molecule has 0 aliphatic heterocycles. The van der Waals surface area contributed by atoms with Gasteiger partial charge in [-0.05, 0) is 6.42 Å². The van der Waals surface area contributed by atoms with Crippen LogP contribution < -0.4 is 0 Å². The van der Waals surface area contributed by atoms with Crippen LogP contribution >= 0.6 is 36.6 Å². The summed E-state index contributed by atoms with van der Waals surface area (Å²) in [6, 6.07) is 0. The van der Waals surface area contributed by atoms with E-state index in [1.807, 2.05) is 0 Å². The van der Waals surface area contributed by atoms with Crippen LogP contribution in [0.3, 0.4) is 0 Å². The Morgan fingerprint density at radius 1 is 0.917 bits per heavy atom. The maximum atomic E-state index is 4.58. The number of aromatic nitrogens is 2. The second-order valence-corrected chi connectivity index (χ2v) is 9.45. The van der Waals surface area contributed by atoms with Gasteiger partial charge in [0.1, 0.15) is 10.5 Å². The molecule has 1 rings (SSSR count). The van der Waals surface area contributed by atoms with Gasteiger partial charge in [-0.15, -0.1) is 21.5 Å². The Kier molecular flexibility index (Phi) is 12.5. The summed E-state index contributed by atoms with van der Waals surface area (Å²) in [4.78, 5) is 0. The number of unbranched alkanes of at least 4 members (excludes halogenated alkanes) is 11. The van der Waals surface area contributed by atoms with Crippen molar-refractivity contribution in [3.8, 4) is 0 Å². The molecule has 0 amide bonds. The minimum atomic E-state index is -0.0636. The van der Waals surface area contributed by atoms with Gasteiger partial charge in [0.2, 0.25) is 0 Å². The Morgan fingerprint density at radius 3 is 1.83 bits per heavy atom. The van der Waals surface area contributed by atoms with Crippen molar-refractivity contribution in [3.63, 3.8) is 0 Å². The van der Waals surface area contributed by atoms with E-state index in [-0.39, 0.29) is 10.00 Å². The molecule has 0 aliphatic rings. The van der Waals surface area contributed by atoms with Crippen molar-refractivity contribution in [1.82, 2.24) is 10.2 Å². The van der Waals surface area contributed by atoms with Crippen molar-refractivity contribution >= 4 is 36.6 Å². The van der Waals surface area contributed by atoms with E-state index < -0.39 is 0 Å². The molecule has 0 radical (unpaired) electrons. The first-order valence-corrected chi connectivity index (χ1v) is 11.6. The molecular weight excluding hydrogens is 352 g/mol. The summed E-state index contributed by atoms with van der Waals surface area (Å²) in [5.41, 5.74) is 1.74. The van der Waals surface area contributed by atoms with Crippen molar-refractivity contribution in [2.75, 3.05) is 0 Å². The van der Waals surface area contributed by atoms with Crippen LogP contribution in [0.2, 0.25) is 0 Å². The SMILES string of the molecule is CCCCCCCCCCCCCCC(C)(c1nncs1)C(S)S. The van der Waals surface area contributed by atoms with Crippen LogP contribution in [-0.4, -0.2) is 14.8 Å². The molecule has 0 aromatic carbocycles. The average Bonchev–Trinajstić information content (AvgIpc) is 3.10.